The Balaban J connectivity index is 0.00000361. The predicted molar refractivity (Wildman–Crippen MR) is 79.5 cm³/mol. The van der Waals surface area contributed by atoms with E-state index in [4.69, 9.17) is 19.9 Å². The van der Waals surface area contributed by atoms with E-state index in [0.717, 1.165) is 0 Å². The zero-order chi connectivity index (χ0) is 14.6. The normalized spacial score (nSPS) is 12.1. The van der Waals surface area contributed by atoms with Gasteiger partial charge in [-0.25, -0.2) is 0 Å². The molecule has 1 aromatic rings. The summed E-state index contributed by atoms with van der Waals surface area (Å²) in [5, 5.41) is 0. The monoisotopic (exact) mass is 303 g/mol. The number of benzene rings is 1. The second-order valence-electron chi connectivity index (χ2n) is 4.77. The van der Waals surface area contributed by atoms with Gasteiger partial charge in [0.1, 0.15) is 11.5 Å². The summed E-state index contributed by atoms with van der Waals surface area (Å²) < 4.78 is 15.4. The summed E-state index contributed by atoms with van der Waals surface area (Å²) in [5.74, 6) is 0.792. The molecule has 0 aliphatic carbocycles. The van der Waals surface area contributed by atoms with Gasteiger partial charge in [-0.1, -0.05) is 6.07 Å². The standard InChI is InChI=1S/C14H21NO4.ClH/c1-14(2,13(16)19-5)12(15)11-9(17-3)7-6-8-10(11)18-4;/h6-8,12H,15H2,1-5H3;1H/t12-;/m0./s1. The summed E-state index contributed by atoms with van der Waals surface area (Å²) >= 11 is 0. The average Bonchev–Trinajstić information content (AvgIpc) is 2.44. The van der Waals surface area contributed by atoms with Crippen LogP contribution in [0.4, 0.5) is 0 Å². The number of esters is 1. The number of nitrogens with two attached hydrogens (primary N) is 1. The number of methoxy groups -OCH3 is 3. The number of halogens is 1. The molecule has 1 rings (SSSR count). The first-order valence-corrected chi connectivity index (χ1v) is 5.95. The van der Waals surface area contributed by atoms with Crippen LogP contribution in [0, 0.1) is 5.41 Å². The van der Waals surface area contributed by atoms with Crippen LogP contribution in [-0.4, -0.2) is 27.3 Å². The van der Waals surface area contributed by atoms with Crippen LogP contribution in [0.3, 0.4) is 0 Å². The molecule has 0 aliphatic rings. The summed E-state index contributed by atoms with van der Waals surface area (Å²) in [6, 6.07) is 4.76. The molecule has 0 saturated carbocycles. The number of hydrogen-bond acceptors (Lipinski definition) is 5. The highest BCUT2D eigenvalue weighted by atomic mass is 35.5. The van der Waals surface area contributed by atoms with Crippen molar-refractivity contribution in [3.63, 3.8) is 0 Å². The molecule has 6 heteroatoms. The molecule has 0 heterocycles. The zero-order valence-electron chi connectivity index (χ0n) is 12.4. The molecule has 0 radical (unpaired) electrons. The lowest BCUT2D eigenvalue weighted by molar-refractivity contribution is -0.152. The lowest BCUT2D eigenvalue weighted by Gasteiger charge is -2.30. The molecular weight excluding hydrogens is 282 g/mol. The van der Waals surface area contributed by atoms with Gasteiger partial charge in [-0.3, -0.25) is 4.79 Å². The van der Waals surface area contributed by atoms with Gasteiger partial charge in [-0.15, -0.1) is 12.4 Å². The van der Waals surface area contributed by atoms with Crippen molar-refractivity contribution in [3.05, 3.63) is 23.8 Å². The van der Waals surface area contributed by atoms with Crippen LogP contribution in [-0.2, 0) is 9.53 Å². The van der Waals surface area contributed by atoms with E-state index in [1.165, 1.54) is 7.11 Å². The smallest absolute Gasteiger partial charge is 0.313 e. The quantitative estimate of drug-likeness (QED) is 0.845. The van der Waals surface area contributed by atoms with E-state index in [9.17, 15) is 4.79 Å². The van der Waals surface area contributed by atoms with Gasteiger partial charge >= 0.3 is 5.97 Å². The minimum absolute atomic E-state index is 0. The summed E-state index contributed by atoms with van der Waals surface area (Å²) in [6.07, 6.45) is 0. The summed E-state index contributed by atoms with van der Waals surface area (Å²) in [7, 11) is 4.45. The lowest BCUT2D eigenvalue weighted by atomic mass is 9.80. The molecule has 2 N–H and O–H groups in total. The fraction of sp³-hybridized carbons (Fsp3) is 0.500. The highest BCUT2D eigenvalue weighted by Crippen LogP contribution is 2.41. The molecular formula is C14H22ClNO4. The van der Waals surface area contributed by atoms with Gasteiger partial charge in [0.05, 0.1) is 38.3 Å². The molecule has 0 aliphatic heterocycles. The van der Waals surface area contributed by atoms with E-state index in [2.05, 4.69) is 0 Å². The van der Waals surface area contributed by atoms with Crippen molar-refractivity contribution in [1.29, 1.82) is 0 Å². The minimum atomic E-state index is -0.892. The van der Waals surface area contributed by atoms with Crippen LogP contribution in [0.2, 0.25) is 0 Å². The Bertz CT molecular complexity index is 440. The summed E-state index contributed by atoms with van der Waals surface area (Å²) in [6.45, 7) is 3.46. The van der Waals surface area contributed by atoms with Gasteiger partial charge in [0, 0.05) is 0 Å². The molecule has 114 valence electrons. The van der Waals surface area contributed by atoms with E-state index >= 15 is 0 Å². The van der Waals surface area contributed by atoms with Gasteiger partial charge in [0.2, 0.25) is 0 Å². The van der Waals surface area contributed by atoms with Crippen molar-refractivity contribution in [2.45, 2.75) is 19.9 Å². The summed E-state index contributed by atoms with van der Waals surface area (Å²) in [4.78, 5) is 11.9. The predicted octanol–water partition coefficient (Wildman–Crippen LogP) is 2.32. The Morgan fingerprint density at radius 2 is 1.60 bits per heavy atom. The average molecular weight is 304 g/mol. The molecule has 0 fully saturated rings. The van der Waals surface area contributed by atoms with Crippen LogP contribution >= 0.6 is 12.4 Å². The highest BCUT2D eigenvalue weighted by molar-refractivity contribution is 5.85. The number of rotatable bonds is 5. The van der Waals surface area contributed by atoms with Crippen molar-refractivity contribution >= 4 is 18.4 Å². The topological polar surface area (TPSA) is 70.8 Å². The maximum absolute atomic E-state index is 11.9. The van der Waals surface area contributed by atoms with E-state index < -0.39 is 11.5 Å². The van der Waals surface area contributed by atoms with E-state index in [0.29, 0.717) is 17.1 Å². The molecule has 20 heavy (non-hydrogen) atoms. The largest absolute Gasteiger partial charge is 0.496 e. The third-order valence-corrected chi connectivity index (χ3v) is 3.27. The van der Waals surface area contributed by atoms with Crippen molar-refractivity contribution in [1.82, 2.24) is 0 Å². The van der Waals surface area contributed by atoms with Gasteiger partial charge in [-0.05, 0) is 26.0 Å². The van der Waals surface area contributed by atoms with E-state index in [1.54, 1.807) is 46.3 Å². The van der Waals surface area contributed by atoms with Gasteiger partial charge in [0.25, 0.3) is 0 Å². The van der Waals surface area contributed by atoms with Crippen molar-refractivity contribution in [3.8, 4) is 11.5 Å². The van der Waals surface area contributed by atoms with Crippen LogP contribution in [0.25, 0.3) is 0 Å². The Hall–Kier alpha value is -1.46. The molecule has 5 nitrogen and oxygen atoms in total. The second-order valence-corrected chi connectivity index (χ2v) is 4.77. The Labute approximate surface area is 125 Å². The molecule has 0 bridgehead atoms. The fourth-order valence-corrected chi connectivity index (χ4v) is 1.94. The maximum Gasteiger partial charge on any atom is 0.313 e. The molecule has 1 atom stereocenters. The number of carbonyl (C=O) groups is 1. The van der Waals surface area contributed by atoms with Crippen LogP contribution in [0.15, 0.2) is 18.2 Å². The van der Waals surface area contributed by atoms with Crippen LogP contribution < -0.4 is 15.2 Å². The Kier molecular flexibility index (Phi) is 6.82. The first-order chi connectivity index (χ1) is 8.89. The number of hydrogen-bond donors (Lipinski definition) is 1. The van der Waals surface area contributed by atoms with E-state index in [1.807, 2.05) is 0 Å². The molecule has 0 amide bonds. The third-order valence-electron chi connectivity index (χ3n) is 3.27. The fourth-order valence-electron chi connectivity index (χ4n) is 1.94. The van der Waals surface area contributed by atoms with Crippen LogP contribution in [0.5, 0.6) is 11.5 Å². The zero-order valence-corrected chi connectivity index (χ0v) is 13.2. The maximum atomic E-state index is 11.9. The van der Waals surface area contributed by atoms with Gasteiger partial charge in [-0.2, -0.15) is 0 Å². The third kappa shape index (κ3) is 3.35. The second kappa shape index (κ2) is 7.36. The first kappa shape index (κ1) is 18.5. The molecule has 0 saturated heterocycles. The number of ether oxygens (including phenoxy) is 3. The highest BCUT2D eigenvalue weighted by Gasteiger charge is 2.39. The van der Waals surface area contributed by atoms with Crippen molar-refractivity contribution in [2.24, 2.45) is 11.1 Å². The molecule has 0 unspecified atom stereocenters. The molecule has 1 aromatic carbocycles. The van der Waals surface area contributed by atoms with Crippen molar-refractivity contribution in [2.75, 3.05) is 21.3 Å². The summed E-state index contributed by atoms with van der Waals surface area (Å²) in [5.41, 5.74) is 6.00. The minimum Gasteiger partial charge on any atom is -0.496 e. The number of carbonyl (C=O) groups excluding carboxylic acids is 1. The molecule has 0 spiro atoms. The van der Waals surface area contributed by atoms with Crippen LogP contribution in [0.1, 0.15) is 25.5 Å². The van der Waals surface area contributed by atoms with Crippen molar-refractivity contribution < 1.29 is 19.0 Å². The Morgan fingerprint density at radius 3 is 1.95 bits per heavy atom. The van der Waals surface area contributed by atoms with Gasteiger partial charge < -0.3 is 19.9 Å². The lowest BCUT2D eigenvalue weighted by Crippen LogP contribution is -2.37. The van der Waals surface area contributed by atoms with Gasteiger partial charge in [0.15, 0.2) is 0 Å². The Morgan fingerprint density at radius 1 is 1.15 bits per heavy atom. The first-order valence-electron chi connectivity index (χ1n) is 5.95. The molecule has 0 aromatic heterocycles. The SMILES string of the molecule is COC(=O)C(C)(C)[C@@H](N)c1c(OC)cccc1OC.Cl. The van der Waals surface area contributed by atoms with E-state index in [-0.39, 0.29) is 18.4 Å².